The van der Waals surface area contributed by atoms with Gasteiger partial charge in [-0.25, -0.2) is 9.59 Å². The Bertz CT molecular complexity index is 406. The van der Waals surface area contributed by atoms with Gasteiger partial charge in [0.1, 0.15) is 0 Å². The smallest absolute Gasteiger partial charge is 0.357 e. The van der Waals surface area contributed by atoms with Crippen LogP contribution >= 0.6 is 0 Å². The van der Waals surface area contributed by atoms with Crippen LogP contribution in [-0.4, -0.2) is 50.3 Å². The summed E-state index contributed by atoms with van der Waals surface area (Å²) in [6.45, 7) is 0. The average Bonchev–Trinajstić information content (AvgIpc) is 2.27. The summed E-state index contributed by atoms with van der Waals surface area (Å²) in [4.78, 5) is 33.0. The molecule has 0 unspecified atom stereocenters. The van der Waals surface area contributed by atoms with Crippen molar-refractivity contribution in [2.24, 2.45) is 0 Å². The highest BCUT2D eigenvalue weighted by Crippen LogP contribution is 2.09. The van der Waals surface area contributed by atoms with Crippen LogP contribution in [0, 0.1) is 0 Å². The predicted molar refractivity (Wildman–Crippen MR) is 64.6 cm³/mol. The maximum absolute atomic E-state index is 11.6. The summed E-state index contributed by atoms with van der Waals surface area (Å²) in [5.41, 5.74) is 0.578. The second kappa shape index (κ2) is 6.13. The monoisotopic (exact) mass is 252 g/mol. The van der Waals surface area contributed by atoms with Gasteiger partial charge < -0.3 is 9.68 Å². The van der Waals surface area contributed by atoms with Gasteiger partial charge in [-0.2, -0.15) is 0 Å². The van der Waals surface area contributed by atoms with Gasteiger partial charge in [0, 0.05) is 28.2 Å². The van der Waals surface area contributed by atoms with Crippen LogP contribution < -0.4 is 0 Å². The molecule has 6 nitrogen and oxygen atoms in total. The van der Waals surface area contributed by atoms with Crippen molar-refractivity contribution in [3.05, 3.63) is 35.4 Å². The van der Waals surface area contributed by atoms with Gasteiger partial charge in [-0.05, 0) is 18.2 Å². The number of hydrogen-bond acceptors (Lipinski definition) is 6. The predicted octanol–water partition coefficient (Wildman–Crippen LogP) is 0.953. The van der Waals surface area contributed by atoms with Crippen LogP contribution in [0.25, 0.3) is 0 Å². The SMILES string of the molecule is CN(C)OC(=O)c1cccc(C(=O)ON(C)C)c1. The highest BCUT2D eigenvalue weighted by Gasteiger charge is 2.14. The molecule has 0 heterocycles. The van der Waals surface area contributed by atoms with Gasteiger partial charge in [0.2, 0.25) is 0 Å². The van der Waals surface area contributed by atoms with E-state index in [0.29, 0.717) is 0 Å². The minimum Gasteiger partial charge on any atom is -0.364 e. The fourth-order valence-corrected chi connectivity index (χ4v) is 1.21. The van der Waals surface area contributed by atoms with Gasteiger partial charge in [0.05, 0.1) is 11.1 Å². The Morgan fingerprint density at radius 3 is 1.61 bits per heavy atom. The summed E-state index contributed by atoms with van der Waals surface area (Å²) in [6.07, 6.45) is 0. The van der Waals surface area contributed by atoms with Crippen molar-refractivity contribution in [1.82, 2.24) is 10.1 Å². The van der Waals surface area contributed by atoms with E-state index >= 15 is 0 Å². The molecule has 0 aliphatic carbocycles. The molecule has 0 saturated heterocycles. The summed E-state index contributed by atoms with van der Waals surface area (Å²) in [7, 11) is 6.40. The highest BCUT2D eigenvalue weighted by atomic mass is 16.7. The van der Waals surface area contributed by atoms with Crippen molar-refractivity contribution < 1.29 is 19.3 Å². The number of carbonyl (C=O) groups is 2. The topological polar surface area (TPSA) is 59.1 Å². The van der Waals surface area contributed by atoms with Crippen LogP contribution in [0.4, 0.5) is 0 Å². The number of nitrogens with zero attached hydrogens (tertiary/aromatic N) is 2. The molecule has 0 N–H and O–H groups in total. The van der Waals surface area contributed by atoms with E-state index in [1.165, 1.54) is 16.2 Å². The standard InChI is InChI=1S/C12H16N2O4/c1-13(2)17-11(15)9-6-5-7-10(8-9)12(16)18-14(3)4/h5-8H,1-4H3. The Morgan fingerprint density at radius 1 is 0.889 bits per heavy atom. The minimum atomic E-state index is -0.528. The Labute approximate surface area is 106 Å². The number of hydrogen-bond donors (Lipinski definition) is 0. The zero-order valence-electron chi connectivity index (χ0n) is 10.8. The van der Waals surface area contributed by atoms with E-state index in [0.717, 1.165) is 0 Å². The second-order valence-corrected chi connectivity index (χ2v) is 3.96. The maximum Gasteiger partial charge on any atom is 0.357 e. The third kappa shape index (κ3) is 4.15. The molecule has 0 atom stereocenters. The fraction of sp³-hybridized carbons (Fsp3) is 0.333. The van der Waals surface area contributed by atoms with Gasteiger partial charge in [0.25, 0.3) is 0 Å². The van der Waals surface area contributed by atoms with Crippen molar-refractivity contribution in [3.8, 4) is 0 Å². The Morgan fingerprint density at radius 2 is 1.28 bits per heavy atom. The molecule has 0 spiro atoms. The van der Waals surface area contributed by atoms with Crippen molar-refractivity contribution in [3.63, 3.8) is 0 Å². The molecule has 0 aliphatic rings. The molecule has 0 fully saturated rings. The first-order chi connectivity index (χ1) is 8.40. The van der Waals surface area contributed by atoms with E-state index in [1.807, 2.05) is 0 Å². The third-order valence-corrected chi connectivity index (χ3v) is 1.86. The van der Waals surface area contributed by atoms with Gasteiger partial charge in [-0.1, -0.05) is 6.07 Å². The first-order valence-electron chi connectivity index (χ1n) is 5.29. The molecule has 6 heteroatoms. The fourth-order valence-electron chi connectivity index (χ4n) is 1.21. The molecular weight excluding hydrogens is 236 g/mol. The number of benzene rings is 1. The zero-order chi connectivity index (χ0) is 13.7. The first kappa shape index (κ1) is 14.1. The quantitative estimate of drug-likeness (QED) is 0.744. The lowest BCUT2D eigenvalue weighted by molar-refractivity contribution is -0.0715. The molecule has 18 heavy (non-hydrogen) atoms. The van der Waals surface area contributed by atoms with Crippen LogP contribution in [0.15, 0.2) is 24.3 Å². The highest BCUT2D eigenvalue weighted by molar-refractivity contribution is 5.95. The van der Waals surface area contributed by atoms with E-state index in [9.17, 15) is 9.59 Å². The molecule has 1 rings (SSSR count). The number of hydroxylamine groups is 4. The van der Waals surface area contributed by atoms with Crippen molar-refractivity contribution in [2.75, 3.05) is 28.2 Å². The molecule has 98 valence electrons. The van der Waals surface area contributed by atoms with Crippen LogP contribution in [0.5, 0.6) is 0 Å². The van der Waals surface area contributed by atoms with Crippen LogP contribution in [0.2, 0.25) is 0 Å². The Hall–Kier alpha value is -1.92. The average molecular weight is 252 g/mol. The summed E-state index contributed by atoms with van der Waals surface area (Å²) in [5.74, 6) is -1.06. The normalized spacial score (nSPS) is 10.6. The first-order valence-corrected chi connectivity index (χ1v) is 5.29. The number of rotatable bonds is 4. The third-order valence-electron chi connectivity index (χ3n) is 1.86. The largest absolute Gasteiger partial charge is 0.364 e. The molecule has 1 aromatic carbocycles. The van der Waals surface area contributed by atoms with Gasteiger partial charge in [-0.3, -0.25) is 0 Å². The molecular formula is C12H16N2O4. The van der Waals surface area contributed by atoms with Gasteiger partial charge in [0.15, 0.2) is 0 Å². The van der Waals surface area contributed by atoms with E-state index in [1.54, 1.807) is 46.4 Å². The van der Waals surface area contributed by atoms with E-state index in [2.05, 4.69) is 0 Å². The molecule has 0 bridgehead atoms. The molecule has 0 saturated carbocycles. The molecule has 0 radical (unpaired) electrons. The van der Waals surface area contributed by atoms with Gasteiger partial charge in [-0.15, -0.1) is 10.1 Å². The molecule has 0 amide bonds. The van der Waals surface area contributed by atoms with Crippen molar-refractivity contribution in [1.29, 1.82) is 0 Å². The lowest BCUT2D eigenvalue weighted by atomic mass is 10.1. The molecule has 1 aromatic rings. The minimum absolute atomic E-state index is 0.289. The lowest BCUT2D eigenvalue weighted by Gasteiger charge is -2.12. The number of carbonyl (C=O) groups excluding carboxylic acids is 2. The van der Waals surface area contributed by atoms with Crippen LogP contribution in [0.1, 0.15) is 20.7 Å². The van der Waals surface area contributed by atoms with Crippen molar-refractivity contribution in [2.45, 2.75) is 0 Å². The maximum atomic E-state index is 11.6. The summed E-state index contributed by atoms with van der Waals surface area (Å²) < 4.78 is 0. The summed E-state index contributed by atoms with van der Waals surface area (Å²) in [5, 5.41) is 2.57. The van der Waals surface area contributed by atoms with Gasteiger partial charge >= 0.3 is 11.9 Å². The lowest BCUT2D eigenvalue weighted by Crippen LogP contribution is -2.20. The molecule has 0 aromatic heterocycles. The Balaban J connectivity index is 2.85. The molecule has 0 aliphatic heterocycles. The zero-order valence-corrected chi connectivity index (χ0v) is 10.8. The van der Waals surface area contributed by atoms with Crippen LogP contribution in [-0.2, 0) is 9.68 Å². The van der Waals surface area contributed by atoms with E-state index < -0.39 is 11.9 Å². The summed E-state index contributed by atoms with van der Waals surface area (Å²) >= 11 is 0. The van der Waals surface area contributed by atoms with Crippen molar-refractivity contribution >= 4 is 11.9 Å². The van der Waals surface area contributed by atoms with E-state index in [4.69, 9.17) is 9.68 Å². The Kier molecular flexibility index (Phi) is 4.82. The summed E-state index contributed by atoms with van der Waals surface area (Å²) in [6, 6.07) is 6.16. The van der Waals surface area contributed by atoms with E-state index in [-0.39, 0.29) is 11.1 Å². The van der Waals surface area contributed by atoms with Crippen LogP contribution in [0.3, 0.4) is 0 Å². The second-order valence-electron chi connectivity index (χ2n) is 3.96.